The summed E-state index contributed by atoms with van der Waals surface area (Å²) in [6.45, 7) is 7.28. The number of benzene rings is 1. The van der Waals surface area contributed by atoms with E-state index in [0.717, 1.165) is 63.0 Å². The number of likely N-dealkylation sites (tertiary alicyclic amines) is 1. The van der Waals surface area contributed by atoms with Gasteiger partial charge in [-0.3, -0.25) is 14.3 Å². The van der Waals surface area contributed by atoms with Gasteiger partial charge in [0.05, 0.1) is 31.5 Å². The zero-order valence-corrected chi connectivity index (χ0v) is 24.7. The van der Waals surface area contributed by atoms with Gasteiger partial charge in [-0.2, -0.15) is 5.10 Å². The van der Waals surface area contributed by atoms with Crippen LogP contribution in [-0.2, 0) is 4.79 Å². The number of carbonyl (C=O) groups is 2. The fourth-order valence-electron chi connectivity index (χ4n) is 5.78. The summed E-state index contributed by atoms with van der Waals surface area (Å²) in [7, 11) is 3.26. The molecule has 1 aliphatic carbocycles. The number of aromatic nitrogens is 2. The van der Waals surface area contributed by atoms with Crippen molar-refractivity contribution in [3.63, 3.8) is 0 Å². The molecule has 1 aliphatic heterocycles. The molecular weight excluding hydrogens is 506 g/mol. The maximum absolute atomic E-state index is 13.7. The highest BCUT2D eigenvalue weighted by Gasteiger charge is 2.27. The first-order valence-corrected chi connectivity index (χ1v) is 15.1. The Morgan fingerprint density at radius 3 is 2.27 bits per heavy atom. The van der Waals surface area contributed by atoms with Crippen molar-refractivity contribution in [3.05, 3.63) is 30.0 Å². The van der Waals surface area contributed by atoms with E-state index in [0.29, 0.717) is 17.2 Å². The predicted molar refractivity (Wildman–Crippen MR) is 157 cm³/mol. The third kappa shape index (κ3) is 7.36. The fourth-order valence-corrected chi connectivity index (χ4v) is 5.78. The van der Waals surface area contributed by atoms with Crippen LogP contribution in [0.3, 0.4) is 0 Å². The van der Waals surface area contributed by atoms with E-state index in [1.807, 2.05) is 28.9 Å². The summed E-state index contributed by atoms with van der Waals surface area (Å²) < 4.78 is 13.3. The number of piperidine rings is 1. The number of rotatable bonds is 14. The van der Waals surface area contributed by atoms with Crippen molar-refractivity contribution in [1.82, 2.24) is 25.3 Å². The van der Waals surface area contributed by atoms with E-state index in [9.17, 15) is 9.59 Å². The van der Waals surface area contributed by atoms with E-state index in [2.05, 4.69) is 29.4 Å². The van der Waals surface area contributed by atoms with E-state index in [4.69, 9.17) is 14.6 Å². The maximum atomic E-state index is 13.7. The minimum atomic E-state index is -0.267. The van der Waals surface area contributed by atoms with Crippen LogP contribution >= 0.6 is 0 Å². The molecule has 220 valence electrons. The van der Waals surface area contributed by atoms with Gasteiger partial charge in [-0.05, 0) is 82.7 Å². The molecule has 1 saturated carbocycles. The van der Waals surface area contributed by atoms with Crippen LogP contribution in [0.5, 0.6) is 11.5 Å². The molecule has 1 atom stereocenters. The summed E-state index contributed by atoms with van der Waals surface area (Å²) in [4.78, 5) is 29.0. The van der Waals surface area contributed by atoms with E-state index in [1.54, 1.807) is 14.2 Å². The lowest BCUT2D eigenvalue weighted by molar-refractivity contribution is -0.122. The van der Waals surface area contributed by atoms with Crippen LogP contribution in [0, 0.1) is 0 Å². The molecule has 2 fully saturated rings. The lowest BCUT2D eigenvalue weighted by Crippen LogP contribution is -2.45. The zero-order chi connectivity index (χ0) is 28.5. The number of methoxy groups -OCH3 is 2. The van der Waals surface area contributed by atoms with Crippen LogP contribution < -0.4 is 20.1 Å². The largest absolute Gasteiger partial charge is 0.496 e. The molecule has 2 aromatic rings. The van der Waals surface area contributed by atoms with Gasteiger partial charge in [0.25, 0.3) is 5.91 Å². The normalized spacial score (nSPS) is 16.8. The molecule has 2 heterocycles. The van der Waals surface area contributed by atoms with E-state index < -0.39 is 0 Å². The smallest absolute Gasteiger partial charge is 0.272 e. The first kappa shape index (κ1) is 29.9. The third-order valence-electron chi connectivity index (χ3n) is 8.42. The Balaban J connectivity index is 1.58. The number of hydrogen-bond acceptors (Lipinski definition) is 6. The summed E-state index contributed by atoms with van der Waals surface area (Å²) >= 11 is 0. The molecule has 1 saturated heterocycles. The van der Waals surface area contributed by atoms with Gasteiger partial charge in [-0.25, -0.2) is 0 Å². The third-order valence-corrected chi connectivity index (χ3v) is 8.42. The van der Waals surface area contributed by atoms with Crippen molar-refractivity contribution in [1.29, 1.82) is 0 Å². The number of amides is 2. The van der Waals surface area contributed by atoms with Gasteiger partial charge in [-0.1, -0.05) is 26.3 Å². The van der Waals surface area contributed by atoms with E-state index in [1.165, 1.54) is 25.7 Å². The number of carbonyl (C=O) groups excluding carboxylic acids is 2. The molecule has 0 bridgehead atoms. The average molecular weight is 554 g/mol. The highest BCUT2D eigenvalue weighted by Crippen LogP contribution is 2.40. The lowest BCUT2D eigenvalue weighted by Gasteiger charge is -2.29. The second-order valence-corrected chi connectivity index (χ2v) is 11.1. The molecule has 1 aromatic carbocycles. The van der Waals surface area contributed by atoms with Crippen molar-refractivity contribution in [3.8, 4) is 22.8 Å². The second kappa shape index (κ2) is 14.5. The SMILES string of the molecule is CCC(CC)n1nc(C(=O)N[C@@H](CCN2CCCCC2)CC(=O)NC2CCC2)cc1-c1c(OC)cccc1OC. The summed E-state index contributed by atoms with van der Waals surface area (Å²) in [5.41, 5.74) is 1.88. The van der Waals surface area contributed by atoms with Gasteiger partial charge >= 0.3 is 0 Å². The Morgan fingerprint density at radius 1 is 1.02 bits per heavy atom. The summed E-state index contributed by atoms with van der Waals surface area (Å²) in [5.74, 6) is 1.06. The van der Waals surface area contributed by atoms with Crippen molar-refractivity contribution in [2.75, 3.05) is 33.9 Å². The number of ether oxygens (including phenoxy) is 2. The van der Waals surface area contributed by atoms with Crippen molar-refractivity contribution < 1.29 is 19.1 Å². The van der Waals surface area contributed by atoms with Crippen molar-refractivity contribution in [2.24, 2.45) is 0 Å². The van der Waals surface area contributed by atoms with E-state index in [-0.39, 0.29) is 36.4 Å². The van der Waals surface area contributed by atoms with Crippen LogP contribution in [0.4, 0.5) is 0 Å². The highest BCUT2D eigenvalue weighted by molar-refractivity contribution is 5.94. The van der Waals surface area contributed by atoms with Crippen molar-refractivity contribution >= 4 is 11.8 Å². The Labute approximate surface area is 239 Å². The van der Waals surface area contributed by atoms with Crippen LogP contribution in [-0.4, -0.2) is 72.4 Å². The van der Waals surface area contributed by atoms with Gasteiger partial charge in [-0.15, -0.1) is 0 Å². The minimum Gasteiger partial charge on any atom is -0.496 e. The molecule has 40 heavy (non-hydrogen) atoms. The van der Waals surface area contributed by atoms with E-state index >= 15 is 0 Å². The van der Waals surface area contributed by atoms with Crippen molar-refractivity contribution in [2.45, 2.75) is 96.2 Å². The first-order chi connectivity index (χ1) is 19.5. The van der Waals surface area contributed by atoms with Gasteiger partial charge in [0.1, 0.15) is 11.5 Å². The van der Waals surface area contributed by atoms with Crippen LogP contribution in [0.25, 0.3) is 11.3 Å². The zero-order valence-electron chi connectivity index (χ0n) is 24.7. The van der Waals surface area contributed by atoms with Gasteiger partial charge in [0.2, 0.25) is 5.91 Å². The maximum Gasteiger partial charge on any atom is 0.272 e. The quantitative estimate of drug-likeness (QED) is 0.343. The molecule has 9 nitrogen and oxygen atoms in total. The average Bonchev–Trinajstić information content (AvgIpc) is 3.39. The number of hydrogen-bond donors (Lipinski definition) is 2. The molecule has 2 N–H and O–H groups in total. The first-order valence-electron chi connectivity index (χ1n) is 15.1. The second-order valence-electron chi connectivity index (χ2n) is 11.1. The van der Waals surface area contributed by atoms with Crippen LogP contribution in [0.15, 0.2) is 24.3 Å². The monoisotopic (exact) mass is 553 g/mol. The number of nitrogens with one attached hydrogen (secondary N) is 2. The molecule has 2 aliphatic rings. The Morgan fingerprint density at radius 2 is 1.70 bits per heavy atom. The molecular formula is C31H47N5O4. The molecule has 0 radical (unpaired) electrons. The Kier molecular flexibility index (Phi) is 10.9. The van der Waals surface area contributed by atoms with Gasteiger partial charge in [0.15, 0.2) is 5.69 Å². The standard InChI is InChI=1S/C31H47N5O4/c1-5-24(6-2)36-26(30-27(39-3)14-11-15-28(30)40-4)21-25(34-36)31(38)33-23(16-19-35-17-8-7-9-18-35)20-29(37)32-22-12-10-13-22/h11,14-15,21-24H,5-10,12-13,16-20H2,1-4H3,(H,32,37)(H,33,38)/t23-/m0/s1. The molecule has 1 aromatic heterocycles. The number of nitrogens with zero attached hydrogens (tertiary/aromatic N) is 3. The van der Waals surface area contributed by atoms with Gasteiger partial charge in [0, 0.05) is 25.0 Å². The molecule has 0 unspecified atom stereocenters. The van der Waals surface area contributed by atoms with Gasteiger partial charge < -0.3 is 25.0 Å². The Hall–Kier alpha value is -3.07. The molecule has 4 rings (SSSR count). The predicted octanol–water partition coefficient (Wildman–Crippen LogP) is 4.96. The highest BCUT2D eigenvalue weighted by atomic mass is 16.5. The minimum absolute atomic E-state index is 0.00986. The summed E-state index contributed by atoms with van der Waals surface area (Å²) in [6, 6.07) is 7.60. The lowest BCUT2D eigenvalue weighted by atomic mass is 9.93. The fraction of sp³-hybridized carbons (Fsp3) is 0.645. The van der Waals surface area contributed by atoms with Crippen LogP contribution in [0.1, 0.15) is 94.6 Å². The molecule has 9 heteroatoms. The van der Waals surface area contributed by atoms with Crippen LogP contribution in [0.2, 0.25) is 0 Å². The molecule has 2 amide bonds. The summed E-state index contributed by atoms with van der Waals surface area (Å²) in [5, 5.41) is 11.1. The topological polar surface area (TPSA) is 97.7 Å². The Bertz CT molecular complexity index is 1100. The molecule has 0 spiro atoms. The summed E-state index contributed by atoms with van der Waals surface area (Å²) in [6.07, 6.45) is 9.67.